The van der Waals surface area contributed by atoms with Crippen LogP contribution in [0.3, 0.4) is 0 Å². The standard InChI is InChI=1S/C18H15N5O2/c1-23-13(10-20-17(23)12-6-3-2-4-7-12)18(24)21-11-15-22-16-14(25-15)8-5-9-19-16/h2-10H,11H2,1H3,(H,21,24). The van der Waals surface area contributed by atoms with Crippen molar-refractivity contribution in [2.24, 2.45) is 7.05 Å². The van der Waals surface area contributed by atoms with E-state index in [9.17, 15) is 4.79 Å². The first-order valence-corrected chi connectivity index (χ1v) is 7.78. The van der Waals surface area contributed by atoms with Crippen LogP contribution in [0.25, 0.3) is 22.6 Å². The van der Waals surface area contributed by atoms with Gasteiger partial charge in [0.05, 0.1) is 12.7 Å². The minimum Gasteiger partial charge on any atom is -0.437 e. The van der Waals surface area contributed by atoms with Crippen LogP contribution in [0.1, 0.15) is 16.4 Å². The van der Waals surface area contributed by atoms with Crippen LogP contribution in [0.2, 0.25) is 0 Å². The number of carbonyl (C=O) groups excluding carboxylic acids is 1. The molecule has 25 heavy (non-hydrogen) atoms. The van der Waals surface area contributed by atoms with Crippen LogP contribution >= 0.6 is 0 Å². The molecule has 0 radical (unpaired) electrons. The molecule has 0 aliphatic carbocycles. The summed E-state index contributed by atoms with van der Waals surface area (Å²) in [7, 11) is 1.81. The Morgan fingerprint density at radius 3 is 2.80 bits per heavy atom. The van der Waals surface area contributed by atoms with E-state index in [0.717, 1.165) is 11.4 Å². The second-order valence-corrected chi connectivity index (χ2v) is 5.51. The van der Waals surface area contributed by atoms with E-state index in [-0.39, 0.29) is 12.5 Å². The number of hydrogen-bond acceptors (Lipinski definition) is 5. The van der Waals surface area contributed by atoms with Crippen molar-refractivity contribution in [2.45, 2.75) is 6.54 Å². The van der Waals surface area contributed by atoms with Gasteiger partial charge in [-0.1, -0.05) is 30.3 Å². The molecular formula is C18H15N5O2. The summed E-state index contributed by atoms with van der Waals surface area (Å²) in [5.41, 5.74) is 2.54. The summed E-state index contributed by atoms with van der Waals surface area (Å²) in [6, 6.07) is 13.3. The minimum atomic E-state index is -0.243. The Hall–Kier alpha value is -3.48. The maximum atomic E-state index is 12.4. The first-order valence-electron chi connectivity index (χ1n) is 7.78. The van der Waals surface area contributed by atoms with Gasteiger partial charge in [-0.3, -0.25) is 4.79 Å². The summed E-state index contributed by atoms with van der Waals surface area (Å²) in [4.78, 5) is 25.1. The molecule has 3 heterocycles. The topological polar surface area (TPSA) is 85.8 Å². The Bertz CT molecular complexity index is 1000. The van der Waals surface area contributed by atoms with Gasteiger partial charge in [-0.15, -0.1) is 0 Å². The molecule has 1 amide bonds. The van der Waals surface area contributed by atoms with Crippen molar-refractivity contribution in [3.05, 3.63) is 66.4 Å². The van der Waals surface area contributed by atoms with Crippen molar-refractivity contribution in [1.29, 1.82) is 0 Å². The third-order valence-electron chi connectivity index (χ3n) is 3.86. The largest absolute Gasteiger partial charge is 0.437 e. The normalized spacial score (nSPS) is 10.9. The second-order valence-electron chi connectivity index (χ2n) is 5.51. The number of benzene rings is 1. The number of nitrogens with one attached hydrogen (secondary N) is 1. The molecule has 1 aromatic carbocycles. The van der Waals surface area contributed by atoms with Gasteiger partial charge in [0.15, 0.2) is 11.2 Å². The maximum Gasteiger partial charge on any atom is 0.269 e. The van der Waals surface area contributed by atoms with Gasteiger partial charge < -0.3 is 14.3 Å². The molecule has 0 atom stereocenters. The van der Waals surface area contributed by atoms with E-state index < -0.39 is 0 Å². The lowest BCUT2D eigenvalue weighted by molar-refractivity contribution is 0.0939. The highest BCUT2D eigenvalue weighted by Crippen LogP contribution is 2.18. The highest BCUT2D eigenvalue weighted by Gasteiger charge is 2.16. The molecular weight excluding hydrogens is 318 g/mol. The third-order valence-corrected chi connectivity index (χ3v) is 3.86. The summed E-state index contributed by atoms with van der Waals surface area (Å²) in [5.74, 6) is 0.900. The van der Waals surface area contributed by atoms with Crippen molar-refractivity contribution in [1.82, 2.24) is 24.8 Å². The second kappa shape index (κ2) is 6.20. The SMILES string of the molecule is Cn1c(C(=O)NCc2nc3ncccc3o2)cnc1-c1ccccc1. The number of nitrogens with zero attached hydrogens (tertiary/aromatic N) is 4. The number of pyridine rings is 1. The van der Waals surface area contributed by atoms with E-state index >= 15 is 0 Å². The summed E-state index contributed by atoms with van der Waals surface area (Å²) in [6.07, 6.45) is 3.21. The van der Waals surface area contributed by atoms with Gasteiger partial charge in [0.2, 0.25) is 5.89 Å². The molecule has 0 fully saturated rings. The van der Waals surface area contributed by atoms with Crippen LogP contribution in [0.5, 0.6) is 0 Å². The van der Waals surface area contributed by atoms with Crippen LogP contribution in [0.15, 0.2) is 59.3 Å². The number of rotatable bonds is 4. The monoisotopic (exact) mass is 333 g/mol. The van der Waals surface area contributed by atoms with Crippen molar-refractivity contribution in [2.75, 3.05) is 0 Å². The number of oxazole rings is 1. The Labute approximate surface area is 143 Å². The fraction of sp³-hybridized carbons (Fsp3) is 0.111. The van der Waals surface area contributed by atoms with Gasteiger partial charge >= 0.3 is 0 Å². The number of carbonyl (C=O) groups is 1. The Kier molecular flexibility index (Phi) is 3.74. The Balaban J connectivity index is 1.51. The third kappa shape index (κ3) is 2.87. The van der Waals surface area contributed by atoms with Gasteiger partial charge in [0.25, 0.3) is 5.91 Å². The van der Waals surface area contributed by atoms with Crippen molar-refractivity contribution >= 4 is 17.1 Å². The van der Waals surface area contributed by atoms with E-state index in [2.05, 4.69) is 20.3 Å². The average molecular weight is 333 g/mol. The van der Waals surface area contributed by atoms with Crippen molar-refractivity contribution in [3.63, 3.8) is 0 Å². The quantitative estimate of drug-likeness (QED) is 0.620. The molecule has 4 aromatic rings. The Morgan fingerprint density at radius 1 is 1.16 bits per heavy atom. The van der Waals surface area contributed by atoms with E-state index in [1.54, 1.807) is 29.1 Å². The lowest BCUT2D eigenvalue weighted by Gasteiger charge is -2.06. The predicted octanol–water partition coefficient (Wildman–Crippen LogP) is 2.55. The van der Waals surface area contributed by atoms with Crippen molar-refractivity contribution in [3.8, 4) is 11.4 Å². The van der Waals surface area contributed by atoms with E-state index in [0.29, 0.717) is 22.8 Å². The number of imidazole rings is 1. The predicted molar refractivity (Wildman–Crippen MR) is 91.6 cm³/mol. The van der Waals surface area contributed by atoms with Gasteiger partial charge in [-0.25, -0.2) is 9.97 Å². The zero-order valence-corrected chi connectivity index (χ0v) is 13.5. The molecule has 0 saturated heterocycles. The Morgan fingerprint density at radius 2 is 2.00 bits per heavy atom. The zero-order valence-electron chi connectivity index (χ0n) is 13.5. The maximum absolute atomic E-state index is 12.4. The first kappa shape index (κ1) is 15.1. The van der Waals surface area contributed by atoms with Crippen molar-refractivity contribution < 1.29 is 9.21 Å². The fourth-order valence-electron chi connectivity index (χ4n) is 2.61. The van der Waals surface area contributed by atoms with E-state index in [1.165, 1.54) is 0 Å². The van der Waals surface area contributed by atoms with E-state index in [1.807, 2.05) is 37.4 Å². The number of amides is 1. The lowest BCUT2D eigenvalue weighted by Crippen LogP contribution is -2.25. The molecule has 3 aromatic heterocycles. The van der Waals surface area contributed by atoms with Gasteiger partial charge in [0.1, 0.15) is 11.5 Å². The molecule has 0 spiro atoms. The number of fused-ring (bicyclic) bond motifs is 1. The molecule has 0 unspecified atom stereocenters. The average Bonchev–Trinajstić information content (AvgIpc) is 3.23. The molecule has 4 rings (SSSR count). The van der Waals surface area contributed by atoms with Crippen LogP contribution in [-0.4, -0.2) is 25.4 Å². The summed E-state index contributed by atoms with van der Waals surface area (Å²) in [5, 5.41) is 2.80. The summed E-state index contributed by atoms with van der Waals surface area (Å²) < 4.78 is 7.31. The highest BCUT2D eigenvalue weighted by atomic mass is 16.3. The summed E-state index contributed by atoms with van der Waals surface area (Å²) in [6.45, 7) is 0.182. The van der Waals surface area contributed by atoms with Crippen LogP contribution in [-0.2, 0) is 13.6 Å². The van der Waals surface area contributed by atoms with Crippen LogP contribution < -0.4 is 5.32 Å². The highest BCUT2D eigenvalue weighted by molar-refractivity contribution is 5.93. The van der Waals surface area contributed by atoms with Crippen LogP contribution in [0.4, 0.5) is 0 Å². The molecule has 1 N–H and O–H groups in total. The molecule has 124 valence electrons. The number of aromatic nitrogens is 4. The molecule has 7 nitrogen and oxygen atoms in total. The van der Waals surface area contributed by atoms with Gasteiger partial charge in [0, 0.05) is 18.8 Å². The first-order chi connectivity index (χ1) is 12.2. The molecule has 0 aliphatic rings. The smallest absolute Gasteiger partial charge is 0.269 e. The molecule has 0 aliphatic heterocycles. The van der Waals surface area contributed by atoms with Gasteiger partial charge in [-0.2, -0.15) is 4.98 Å². The molecule has 7 heteroatoms. The van der Waals surface area contributed by atoms with Crippen LogP contribution in [0, 0.1) is 0 Å². The molecule has 0 bridgehead atoms. The summed E-state index contributed by atoms with van der Waals surface area (Å²) >= 11 is 0. The van der Waals surface area contributed by atoms with E-state index in [4.69, 9.17) is 4.42 Å². The molecule has 0 saturated carbocycles. The fourth-order valence-corrected chi connectivity index (χ4v) is 2.61. The lowest BCUT2D eigenvalue weighted by atomic mass is 10.2. The minimum absolute atomic E-state index is 0.182. The number of hydrogen-bond donors (Lipinski definition) is 1. The van der Waals surface area contributed by atoms with Gasteiger partial charge in [-0.05, 0) is 12.1 Å². The zero-order chi connectivity index (χ0) is 17.2.